The van der Waals surface area contributed by atoms with Crippen molar-refractivity contribution in [2.75, 3.05) is 13.2 Å². The molecule has 2 unspecified atom stereocenters. The summed E-state index contributed by atoms with van der Waals surface area (Å²) in [6.07, 6.45) is 7.80. The molecule has 27 heavy (non-hydrogen) atoms. The molecule has 0 radical (unpaired) electrons. The van der Waals surface area contributed by atoms with E-state index in [1.165, 1.54) is 19.3 Å². The number of fused-ring (bicyclic) bond motifs is 2. The molecule has 3 N–H and O–H groups in total. The summed E-state index contributed by atoms with van der Waals surface area (Å²) < 4.78 is 11.3. The minimum absolute atomic E-state index is 0. The zero-order valence-corrected chi connectivity index (χ0v) is 16.6. The number of carbonyl (C=O) groups is 1. The Bertz CT molecular complexity index is 604. The molecule has 1 aliphatic heterocycles. The van der Waals surface area contributed by atoms with Gasteiger partial charge in [-0.3, -0.25) is 4.79 Å². The van der Waals surface area contributed by atoms with Crippen LogP contribution in [-0.2, 0) is 4.74 Å². The third-order valence-electron chi connectivity index (χ3n) is 6.26. The number of rotatable bonds is 4. The minimum atomic E-state index is 0. The summed E-state index contributed by atoms with van der Waals surface area (Å²) in [7, 11) is 0. The number of benzene rings is 1. The Morgan fingerprint density at radius 1 is 1.04 bits per heavy atom. The smallest absolute Gasteiger partial charge is 0.251 e. The summed E-state index contributed by atoms with van der Waals surface area (Å²) in [5, 5.41) is 3.31. The van der Waals surface area contributed by atoms with Gasteiger partial charge in [-0.1, -0.05) is 6.42 Å². The lowest BCUT2D eigenvalue weighted by Crippen LogP contribution is -2.53. The maximum absolute atomic E-state index is 12.7. The fourth-order valence-electron chi connectivity index (χ4n) is 4.93. The van der Waals surface area contributed by atoms with Crippen LogP contribution in [0.3, 0.4) is 0 Å². The van der Waals surface area contributed by atoms with Gasteiger partial charge in [0.1, 0.15) is 11.9 Å². The van der Waals surface area contributed by atoms with Gasteiger partial charge in [0.15, 0.2) is 0 Å². The first-order chi connectivity index (χ1) is 12.7. The second kappa shape index (κ2) is 9.26. The molecule has 2 atom stereocenters. The lowest BCUT2D eigenvalue weighted by atomic mass is 9.67. The summed E-state index contributed by atoms with van der Waals surface area (Å²) in [5.74, 6) is 1.93. The Morgan fingerprint density at radius 3 is 2.30 bits per heavy atom. The molecule has 3 fully saturated rings. The topological polar surface area (TPSA) is 73.6 Å². The fraction of sp³-hybridized carbons (Fsp3) is 0.667. The van der Waals surface area contributed by atoms with Gasteiger partial charge in [0.25, 0.3) is 5.91 Å². The van der Waals surface area contributed by atoms with Gasteiger partial charge in [0.05, 0.1) is 13.2 Å². The van der Waals surface area contributed by atoms with Crippen LogP contribution in [0.5, 0.6) is 5.75 Å². The third kappa shape index (κ3) is 4.95. The molecular weight excluding hydrogens is 364 g/mol. The number of hydrogen-bond acceptors (Lipinski definition) is 4. The molecule has 1 aromatic carbocycles. The Labute approximate surface area is 167 Å². The van der Waals surface area contributed by atoms with Crippen LogP contribution in [0, 0.1) is 11.8 Å². The van der Waals surface area contributed by atoms with Gasteiger partial charge >= 0.3 is 0 Å². The van der Waals surface area contributed by atoms with E-state index in [1.54, 1.807) is 0 Å². The molecule has 1 amide bonds. The largest absolute Gasteiger partial charge is 0.490 e. The molecule has 1 aromatic rings. The Balaban J connectivity index is 0.00000210. The quantitative estimate of drug-likeness (QED) is 0.821. The first kappa shape index (κ1) is 20.4. The normalized spacial score (nSPS) is 30.9. The van der Waals surface area contributed by atoms with E-state index in [0.29, 0.717) is 23.4 Å². The van der Waals surface area contributed by atoms with Crippen LogP contribution in [-0.4, -0.2) is 37.3 Å². The predicted octanol–water partition coefficient (Wildman–Crippen LogP) is 3.30. The molecule has 0 aromatic heterocycles. The van der Waals surface area contributed by atoms with Crippen molar-refractivity contribution in [3.63, 3.8) is 0 Å². The van der Waals surface area contributed by atoms with Crippen molar-refractivity contribution in [1.82, 2.24) is 5.32 Å². The van der Waals surface area contributed by atoms with Crippen LogP contribution in [0.2, 0.25) is 0 Å². The molecule has 150 valence electrons. The van der Waals surface area contributed by atoms with Crippen molar-refractivity contribution >= 4 is 18.3 Å². The molecule has 1 saturated heterocycles. The molecule has 2 saturated carbocycles. The van der Waals surface area contributed by atoms with Crippen molar-refractivity contribution < 1.29 is 14.3 Å². The molecule has 2 aliphatic carbocycles. The third-order valence-corrected chi connectivity index (χ3v) is 6.26. The van der Waals surface area contributed by atoms with Crippen LogP contribution in [0.15, 0.2) is 24.3 Å². The van der Waals surface area contributed by atoms with Crippen LogP contribution in [0.4, 0.5) is 0 Å². The highest BCUT2D eigenvalue weighted by atomic mass is 35.5. The summed E-state index contributed by atoms with van der Waals surface area (Å²) in [6, 6.07) is 8.14. The van der Waals surface area contributed by atoms with E-state index < -0.39 is 0 Å². The zero-order chi connectivity index (χ0) is 17.9. The molecule has 2 bridgehead atoms. The molecule has 5 nitrogen and oxygen atoms in total. The van der Waals surface area contributed by atoms with Crippen molar-refractivity contribution in [2.24, 2.45) is 17.6 Å². The molecule has 6 heteroatoms. The van der Waals surface area contributed by atoms with Crippen molar-refractivity contribution in [3.8, 4) is 5.75 Å². The second-order valence-corrected chi connectivity index (χ2v) is 8.14. The maximum atomic E-state index is 12.7. The fourth-order valence-corrected chi connectivity index (χ4v) is 4.93. The Kier molecular flexibility index (Phi) is 7.01. The molecule has 4 rings (SSSR count). The van der Waals surface area contributed by atoms with Gasteiger partial charge in [0, 0.05) is 30.5 Å². The highest BCUT2D eigenvalue weighted by Gasteiger charge is 2.39. The van der Waals surface area contributed by atoms with Gasteiger partial charge < -0.3 is 20.5 Å². The van der Waals surface area contributed by atoms with E-state index in [0.717, 1.165) is 44.6 Å². The number of ether oxygens (including phenoxy) is 2. The summed E-state index contributed by atoms with van der Waals surface area (Å²) in [6.45, 7) is 1.52. The summed E-state index contributed by atoms with van der Waals surface area (Å²) in [4.78, 5) is 12.7. The molecule has 0 spiro atoms. The SMILES string of the molecule is Cl.NC1CC2CCCC(C1)C2NC(=O)c1ccc(OC2CCOCC2)cc1. The van der Waals surface area contributed by atoms with Gasteiger partial charge in [-0.2, -0.15) is 0 Å². The van der Waals surface area contributed by atoms with Crippen LogP contribution < -0.4 is 15.8 Å². The lowest BCUT2D eigenvalue weighted by molar-refractivity contribution is 0.0256. The van der Waals surface area contributed by atoms with E-state index in [4.69, 9.17) is 15.2 Å². The Morgan fingerprint density at radius 2 is 1.67 bits per heavy atom. The predicted molar refractivity (Wildman–Crippen MR) is 107 cm³/mol. The summed E-state index contributed by atoms with van der Waals surface area (Å²) >= 11 is 0. The number of nitrogens with two attached hydrogens (primary N) is 1. The average molecular weight is 395 g/mol. The zero-order valence-electron chi connectivity index (χ0n) is 15.8. The van der Waals surface area contributed by atoms with Gasteiger partial charge in [0.2, 0.25) is 0 Å². The number of hydrogen-bond donors (Lipinski definition) is 2. The maximum Gasteiger partial charge on any atom is 0.251 e. The number of carbonyl (C=O) groups excluding carboxylic acids is 1. The summed E-state index contributed by atoms with van der Waals surface area (Å²) in [5.41, 5.74) is 6.89. The molecule has 1 heterocycles. The highest BCUT2D eigenvalue weighted by Crippen LogP contribution is 2.39. The number of amides is 1. The van der Waals surface area contributed by atoms with E-state index >= 15 is 0 Å². The van der Waals surface area contributed by atoms with Gasteiger partial charge in [-0.05, 0) is 61.8 Å². The highest BCUT2D eigenvalue weighted by molar-refractivity contribution is 5.94. The molecular formula is C21H31ClN2O3. The van der Waals surface area contributed by atoms with Crippen LogP contribution >= 0.6 is 12.4 Å². The van der Waals surface area contributed by atoms with Gasteiger partial charge in [-0.25, -0.2) is 0 Å². The van der Waals surface area contributed by atoms with Crippen LogP contribution in [0.1, 0.15) is 55.3 Å². The van der Waals surface area contributed by atoms with Crippen molar-refractivity contribution in [1.29, 1.82) is 0 Å². The van der Waals surface area contributed by atoms with Crippen molar-refractivity contribution in [2.45, 2.75) is 63.1 Å². The van der Waals surface area contributed by atoms with Gasteiger partial charge in [-0.15, -0.1) is 12.4 Å². The Hall–Kier alpha value is -1.30. The standard InChI is InChI=1S/C21H30N2O3.ClH/c22-17-12-15-2-1-3-16(13-17)20(15)23-21(24)14-4-6-18(7-5-14)26-19-8-10-25-11-9-19;/h4-7,15-17,19-20H,1-3,8-13,22H2,(H,23,24);1H. The van der Waals surface area contributed by atoms with E-state index in [1.807, 2.05) is 24.3 Å². The number of halogens is 1. The lowest BCUT2D eigenvalue weighted by Gasteiger charge is -2.45. The first-order valence-electron chi connectivity index (χ1n) is 10.1. The molecule has 3 aliphatic rings. The van der Waals surface area contributed by atoms with Crippen molar-refractivity contribution in [3.05, 3.63) is 29.8 Å². The average Bonchev–Trinajstić information content (AvgIpc) is 2.64. The van der Waals surface area contributed by atoms with E-state index in [9.17, 15) is 4.79 Å². The monoisotopic (exact) mass is 394 g/mol. The first-order valence-corrected chi connectivity index (χ1v) is 10.1. The van der Waals surface area contributed by atoms with Crippen LogP contribution in [0.25, 0.3) is 0 Å². The number of nitrogens with one attached hydrogen (secondary N) is 1. The second-order valence-electron chi connectivity index (χ2n) is 8.14. The van der Waals surface area contributed by atoms with E-state index in [2.05, 4.69) is 5.32 Å². The van der Waals surface area contributed by atoms with E-state index in [-0.39, 0.29) is 30.5 Å². The minimum Gasteiger partial charge on any atom is -0.490 e.